The minimum atomic E-state index is -0.295. The van der Waals surface area contributed by atoms with Crippen molar-refractivity contribution in [2.75, 3.05) is 6.54 Å². The van der Waals surface area contributed by atoms with Crippen LogP contribution in [0.2, 0.25) is 0 Å². The predicted octanol–water partition coefficient (Wildman–Crippen LogP) is 3.05. The fourth-order valence-corrected chi connectivity index (χ4v) is 2.47. The summed E-state index contributed by atoms with van der Waals surface area (Å²) in [5, 5.41) is 6.14. The number of ether oxygens (including phenoxy) is 1. The van der Waals surface area contributed by atoms with Gasteiger partial charge in [-0.2, -0.15) is 0 Å². The highest BCUT2D eigenvalue weighted by atomic mass is 16.5. The Hall–Kier alpha value is -1.75. The normalized spacial score (nSPS) is 15.8. The summed E-state index contributed by atoms with van der Waals surface area (Å²) in [5.41, 5.74) is 0.953. The second-order valence-corrected chi connectivity index (χ2v) is 5.10. The lowest BCUT2D eigenvalue weighted by Crippen LogP contribution is -2.35. The van der Waals surface area contributed by atoms with Gasteiger partial charge in [-0.15, -0.1) is 4.91 Å². The molecule has 20 heavy (non-hydrogen) atoms. The third-order valence-electron chi connectivity index (χ3n) is 3.62. The molecule has 1 aromatic carbocycles. The number of benzene rings is 1. The van der Waals surface area contributed by atoms with E-state index in [1.807, 2.05) is 0 Å². The Bertz CT molecular complexity index is 456. The zero-order valence-corrected chi connectivity index (χ0v) is 11.5. The van der Waals surface area contributed by atoms with Crippen LogP contribution in [0.5, 0.6) is 0 Å². The van der Waals surface area contributed by atoms with Crippen molar-refractivity contribution in [1.29, 1.82) is 0 Å². The molecule has 1 aliphatic rings. The lowest BCUT2D eigenvalue weighted by Gasteiger charge is -2.22. The Morgan fingerprint density at radius 2 is 2.00 bits per heavy atom. The lowest BCUT2D eigenvalue weighted by atomic mass is 9.96. The summed E-state index contributed by atoms with van der Waals surface area (Å²) < 4.78 is 5.16. The van der Waals surface area contributed by atoms with Gasteiger partial charge in [-0.05, 0) is 24.1 Å². The number of nitroso groups, excluding NO2 is 1. The van der Waals surface area contributed by atoms with Crippen molar-refractivity contribution in [1.82, 2.24) is 5.32 Å². The van der Waals surface area contributed by atoms with Gasteiger partial charge < -0.3 is 10.1 Å². The van der Waals surface area contributed by atoms with Gasteiger partial charge in [0.05, 0.1) is 6.54 Å². The first-order valence-corrected chi connectivity index (χ1v) is 7.10. The van der Waals surface area contributed by atoms with Crippen LogP contribution in [0, 0.1) is 4.91 Å². The fourth-order valence-electron chi connectivity index (χ4n) is 2.47. The Balaban J connectivity index is 1.73. The first-order chi connectivity index (χ1) is 9.79. The van der Waals surface area contributed by atoms with Crippen molar-refractivity contribution in [3.8, 4) is 0 Å². The molecule has 0 saturated heterocycles. The van der Waals surface area contributed by atoms with Gasteiger partial charge in [-0.25, -0.2) is 0 Å². The molecule has 0 amide bonds. The fraction of sp³-hybridized carbons (Fsp3) is 0.533. The van der Waals surface area contributed by atoms with E-state index in [4.69, 9.17) is 4.74 Å². The molecule has 0 heterocycles. The molecular formula is C15H20N2O3. The Labute approximate surface area is 118 Å². The molecular weight excluding hydrogens is 256 g/mol. The van der Waals surface area contributed by atoms with Gasteiger partial charge in [-0.3, -0.25) is 4.79 Å². The highest BCUT2D eigenvalue weighted by Gasteiger charge is 2.14. The summed E-state index contributed by atoms with van der Waals surface area (Å²) in [6.07, 6.45) is 6.00. The van der Waals surface area contributed by atoms with Crippen molar-refractivity contribution < 1.29 is 9.53 Å². The van der Waals surface area contributed by atoms with Crippen molar-refractivity contribution in [3.05, 3.63) is 34.7 Å². The highest BCUT2D eigenvalue weighted by Crippen LogP contribution is 2.19. The summed E-state index contributed by atoms with van der Waals surface area (Å²) in [7, 11) is 0. The maximum Gasteiger partial charge on any atom is 0.320 e. The molecule has 0 bridgehead atoms. The molecule has 108 valence electrons. The standard InChI is InChI=1S/C15H20N2O3/c18-15(10-16-13-7-2-1-3-8-13)20-11-12-6-4-5-9-14(12)17-19/h4-6,9,13,16H,1-3,7-8,10-11H2. The number of esters is 1. The second-order valence-electron chi connectivity index (χ2n) is 5.10. The van der Waals surface area contributed by atoms with Crippen LogP contribution in [-0.4, -0.2) is 18.6 Å². The average molecular weight is 276 g/mol. The molecule has 0 spiro atoms. The molecule has 1 aliphatic carbocycles. The van der Waals surface area contributed by atoms with E-state index in [9.17, 15) is 9.70 Å². The number of rotatable bonds is 6. The van der Waals surface area contributed by atoms with Crippen LogP contribution in [0.4, 0.5) is 5.69 Å². The molecule has 2 rings (SSSR count). The smallest absolute Gasteiger partial charge is 0.320 e. The van der Waals surface area contributed by atoms with Gasteiger partial charge in [0, 0.05) is 11.6 Å². The van der Waals surface area contributed by atoms with Crippen LogP contribution in [0.25, 0.3) is 0 Å². The van der Waals surface area contributed by atoms with Crippen LogP contribution >= 0.6 is 0 Å². The first-order valence-electron chi connectivity index (χ1n) is 7.10. The molecule has 0 aromatic heterocycles. The van der Waals surface area contributed by atoms with E-state index >= 15 is 0 Å². The molecule has 0 aliphatic heterocycles. The summed E-state index contributed by atoms with van der Waals surface area (Å²) in [4.78, 5) is 22.3. The molecule has 1 aromatic rings. The SMILES string of the molecule is O=Nc1ccccc1COC(=O)CNC1CCCCC1. The van der Waals surface area contributed by atoms with Gasteiger partial charge in [0.15, 0.2) is 0 Å². The first kappa shape index (κ1) is 14.7. The number of hydrogen-bond donors (Lipinski definition) is 1. The van der Waals surface area contributed by atoms with Crippen molar-refractivity contribution in [2.24, 2.45) is 5.18 Å². The quantitative estimate of drug-likeness (QED) is 0.640. The topological polar surface area (TPSA) is 67.8 Å². The molecule has 0 radical (unpaired) electrons. The summed E-state index contributed by atoms with van der Waals surface area (Å²) in [6, 6.07) is 7.29. The number of nitrogens with one attached hydrogen (secondary N) is 1. The maximum atomic E-state index is 11.7. The molecule has 5 heteroatoms. The van der Waals surface area contributed by atoms with E-state index in [0.29, 0.717) is 17.3 Å². The predicted molar refractivity (Wildman–Crippen MR) is 76.6 cm³/mol. The maximum absolute atomic E-state index is 11.7. The Morgan fingerprint density at radius 1 is 1.25 bits per heavy atom. The molecule has 5 nitrogen and oxygen atoms in total. The Kier molecular flexibility index (Phi) is 5.68. The van der Waals surface area contributed by atoms with Crippen LogP contribution < -0.4 is 5.32 Å². The number of hydrogen-bond acceptors (Lipinski definition) is 5. The van der Waals surface area contributed by atoms with Crippen molar-refractivity contribution >= 4 is 11.7 Å². The van der Waals surface area contributed by atoms with E-state index in [0.717, 1.165) is 12.8 Å². The van der Waals surface area contributed by atoms with E-state index in [1.165, 1.54) is 19.3 Å². The monoisotopic (exact) mass is 276 g/mol. The second kappa shape index (κ2) is 7.75. The summed E-state index contributed by atoms with van der Waals surface area (Å²) in [5.74, 6) is -0.295. The average Bonchev–Trinajstić information content (AvgIpc) is 2.52. The number of nitrogens with zero attached hydrogens (tertiary/aromatic N) is 1. The molecule has 0 unspecified atom stereocenters. The van der Waals surface area contributed by atoms with E-state index in [2.05, 4.69) is 10.5 Å². The van der Waals surface area contributed by atoms with Gasteiger partial charge >= 0.3 is 5.97 Å². The minimum Gasteiger partial charge on any atom is -0.460 e. The van der Waals surface area contributed by atoms with Crippen molar-refractivity contribution in [3.63, 3.8) is 0 Å². The van der Waals surface area contributed by atoms with E-state index < -0.39 is 0 Å². The van der Waals surface area contributed by atoms with Gasteiger partial charge in [-0.1, -0.05) is 37.5 Å². The Morgan fingerprint density at radius 3 is 2.75 bits per heavy atom. The molecule has 1 saturated carbocycles. The highest BCUT2D eigenvalue weighted by molar-refractivity contribution is 5.71. The molecule has 1 fully saturated rings. The van der Waals surface area contributed by atoms with Gasteiger partial charge in [0.1, 0.15) is 12.3 Å². The third-order valence-corrected chi connectivity index (χ3v) is 3.62. The zero-order valence-electron chi connectivity index (χ0n) is 11.5. The summed E-state index contributed by atoms with van der Waals surface area (Å²) >= 11 is 0. The van der Waals surface area contributed by atoms with Gasteiger partial charge in [0.25, 0.3) is 0 Å². The molecule has 0 atom stereocenters. The number of carbonyl (C=O) groups is 1. The van der Waals surface area contributed by atoms with Crippen LogP contribution in [-0.2, 0) is 16.1 Å². The van der Waals surface area contributed by atoms with Crippen molar-refractivity contribution in [2.45, 2.75) is 44.8 Å². The number of carbonyl (C=O) groups excluding carboxylic acids is 1. The van der Waals surface area contributed by atoms with Gasteiger partial charge in [0.2, 0.25) is 0 Å². The van der Waals surface area contributed by atoms with Crippen LogP contribution in [0.1, 0.15) is 37.7 Å². The third kappa shape index (κ3) is 4.42. The largest absolute Gasteiger partial charge is 0.460 e. The van der Waals surface area contributed by atoms with Crippen LogP contribution in [0.15, 0.2) is 29.4 Å². The summed E-state index contributed by atoms with van der Waals surface area (Å²) in [6.45, 7) is 0.314. The lowest BCUT2D eigenvalue weighted by molar-refractivity contribution is -0.144. The minimum absolute atomic E-state index is 0.0904. The molecule has 1 N–H and O–H groups in total. The van der Waals surface area contributed by atoms with E-state index in [1.54, 1.807) is 24.3 Å². The van der Waals surface area contributed by atoms with E-state index in [-0.39, 0.29) is 19.1 Å². The van der Waals surface area contributed by atoms with Crippen LogP contribution in [0.3, 0.4) is 0 Å². The zero-order chi connectivity index (χ0) is 14.2.